The Bertz CT molecular complexity index is 228. The second-order valence-corrected chi connectivity index (χ2v) is 4.80. The molecule has 1 unspecified atom stereocenters. The van der Waals surface area contributed by atoms with E-state index in [9.17, 15) is 5.11 Å². The van der Waals surface area contributed by atoms with Gasteiger partial charge < -0.3 is 16.2 Å². The molecule has 1 atom stereocenters. The van der Waals surface area contributed by atoms with Crippen molar-refractivity contribution in [3.8, 4) is 0 Å². The van der Waals surface area contributed by atoms with Crippen LogP contribution >= 0.6 is 0 Å². The Morgan fingerprint density at radius 3 is 2.47 bits per heavy atom. The van der Waals surface area contributed by atoms with Crippen LogP contribution in [0.4, 0.5) is 0 Å². The van der Waals surface area contributed by atoms with Gasteiger partial charge in [0.05, 0.1) is 12.3 Å². The first-order valence-electron chi connectivity index (χ1n) is 5.14. The van der Waals surface area contributed by atoms with Crippen LogP contribution in [0.15, 0.2) is 16.9 Å². The topological polar surface area (TPSA) is 70.6 Å². The largest absolute Gasteiger partial charge is 0.403 e. The quantitative estimate of drug-likeness (QED) is 0.594. The van der Waals surface area contributed by atoms with Gasteiger partial charge in [0.25, 0.3) is 0 Å². The first-order chi connectivity index (χ1) is 6.92. The van der Waals surface area contributed by atoms with Gasteiger partial charge in [-0.15, -0.1) is 0 Å². The SMILES string of the molecule is CN=CC(=CN)NC(CO)CC(C)(C)C. The molecule has 0 aromatic rings. The molecule has 0 fully saturated rings. The highest BCUT2D eigenvalue weighted by atomic mass is 16.3. The van der Waals surface area contributed by atoms with E-state index >= 15 is 0 Å². The van der Waals surface area contributed by atoms with Gasteiger partial charge in [-0.3, -0.25) is 4.99 Å². The molecule has 0 saturated heterocycles. The number of aliphatic hydroxyl groups is 1. The molecule has 4 N–H and O–H groups in total. The van der Waals surface area contributed by atoms with Gasteiger partial charge >= 0.3 is 0 Å². The van der Waals surface area contributed by atoms with E-state index in [2.05, 4.69) is 31.1 Å². The minimum atomic E-state index is 0.0119. The number of allylic oxidation sites excluding steroid dienone is 1. The minimum Gasteiger partial charge on any atom is -0.403 e. The lowest BCUT2D eigenvalue weighted by Gasteiger charge is -2.26. The van der Waals surface area contributed by atoms with Crippen LogP contribution in [0.3, 0.4) is 0 Å². The molecule has 0 radical (unpaired) electrons. The molecule has 15 heavy (non-hydrogen) atoms. The molecule has 0 aliphatic rings. The van der Waals surface area contributed by atoms with Crippen LogP contribution in [-0.4, -0.2) is 31.0 Å². The summed E-state index contributed by atoms with van der Waals surface area (Å²) in [5.74, 6) is 0. The number of hydrogen-bond donors (Lipinski definition) is 3. The van der Waals surface area contributed by atoms with Gasteiger partial charge in [-0.2, -0.15) is 0 Å². The summed E-state index contributed by atoms with van der Waals surface area (Å²) in [5, 5.41) is 12.4. The summed E-state index contributed by atoms with van der Waals surface area (Å²) in [4.78, 5) is 3.87. The van der Waals surface area contributed by atoms with E-state index in [4.69, 9.17) is 5.73 Å². The van der Waals surface area contributed by atoms with Gasteiger partial charge in [0.1, 0.15) is 0 Å². The minimum absolute atomic E-state index is 0.0119. The third-order valence-electron chi connectivity index (χ3n) is 1.90. The van der Waals surface area contributed by atoms with Crippen molar-refractivity contribution in [2.24, 2.45) is 16.1 Å². The molecule has 4 heteroatoms. The maximum Gasteiger partial charge on any atom is 0.0681 e. The molecule has 0 aromatic heterocycles. The zero-order chi connectivity index (χ0) is 11.9. The third-order valence-corrected chi connectivity index (χ3v) is 1.90. The summed E-state index contributed by atoms with van der Waals surface area (Å²) in [6.45, 7) is 6.50. The van der Waals surface area contributed by atoms with Gasteiger partial charge in [0.15, 0.2) is 0 Å². The average Bonchev–Trinajstić information content (AvgIpc) is 2.13. The molecule has 0 heterocycles. The first kappa shape index (κ1) is 14.0. The van der Waals surface area contributed by atoms with Crippen molar-refractivity contribution in [2.75, 3.05) is 13.7 Å². The number of nitrogens with one attached hydrogen (secondary N) is 1. The van der Waals surface area contributed by atoms with Gasteiger partial charge in [-0.25, -0.2) is 0 Å². The predicted molar refractivity (Wildman–Crippen MR) is 64.8 cm³/mol. The van der Waals surface area contributed by atoms with Crippen molar-refractivity contribution in [1.82, 2.24) is 5.32 Å². The van der Waals surface area contributed by atoms with Crippen LogP contribution in [0.5, 0.6) is 0 Å². The van der Waals surface area contributed by atoms with E-state index in [0.717, 1.165) is 12.1 Å². The van der Waals surface area contributed by atoms with Crippen molar-refractivity contribution in [2.45, 2.75) is 33.2 Å². The summed E-state index contributed by atoms with van der Waals surface area (Å²) in [5.41, 5.74) is 6.34. The molecule has 0 amide bonds. The van der Waals surface area contributed by atoms with E-state index in [-0.39, 0.29) is 18.1 Å². The van der Waals surface area contributed by atoms with Gasteiger partial charge in [-0.1, -0.05) is 20.8 Å². The Labute approximate surface area is 92.3 Å². The molecule has 0 aliphatic heterocycles. The summed E-state index contributed by atoms with van der Waals surface area (Å²) in [7, 11) is 1.68. The summed E-state index contributed by atoms with van der Waals surface area (Å²) in [6, 6.07) is 0.0119. The van der Waals surface area contributed by atoms with Crippen LogP contribution < -0.4 is 11.1 Å². The number of nitrogens with zero attached hydrogens (tertiary/aromatic N) is 1. The molecular weight excluding hydrogens is 190 g/mol. The van der Waals surface area contributed by atoms with E-state index in [1.54, 1.807) is 13.3 Å². The van der Waals surface area contributed by atoms with Crippen molar-refractivity contribution >= 4 is 6.21 Å². The molecule has 4 nitrogen and oxygen atoms in total. The highest BCUT2D eigenvalue weighted by Crippen LogP contribution is 2.20. The Morgan fingerprint density at radius 2 is 2.13 bits per heavy atom. The summed E-state index contributed by atoms with van der Waals surface area (Å²) >= 11 is 0. The number of nitrogens with two attached hydrogens (primary N) is 1. The Morgan fingerprint density at radius 1 is 1.53 bits per heavy atom. The lowest BCUT2D eigenvalue weighted by molar-refractivity contribution is 0.207. The van der Waals surface area contributed by atoms with Crippen molar-refractivity contribution in [1.29, 1.82) is 0 Å². The van der Waals surface area contributed by atoms with Crippen molar-refractivity contribution in [3.05, 3.63) is 11.9 Å². The van der Waals surface area contributed by atoms with E-state index < -0.39 is 0 Å². The Hall–Kier alpha value is -1.03. The van der Waals surface area contributed by atoms with Crippen molar-refractivity contribution in [3.63, 3.8) is 0 Å². The molecular formula is C11H23N3O. The number of aliphatic hydroxyl groups excluding tert-OH is 1. The summed E-state index contributed by atoms with van der Waals surface area (Å²) < 4.78 is 0. The maximum absolute atomic E-state index is 9.23. The first-order valence-corrected chi connectivity index (χ1v) is 5.14. The number of hydrogen-bond acceptors (Lipinski definition) is 4. The highest BCUT2D eigenvalue weighted by Gasteiger charge is 2.18. The molecule has 0 aromatic carbocycles. The molecule has 88 valence electrons. The van der Waals surface area contributed by atoms with Crippen LogP contribution in [0.25, 0.3) is 0 Å². The number of rotatable bonds is 5. The molecule has 0 bridgehead atoms. The number of aliphatic imine (C=N–C) groups is 1. The second kappa shape index (κ2) is 6.45. The zero-order valence-corrected chi connectivity index (χ0v) is 10.1. The fraction of sp³-hybridized carbons (Fsp3) is 0.727. The van der Waals surface area contributed by atoms with Crippen LogP contribution in [0.1, 0.15) is 27.2 Å². The van der Waals surface area contributed by atoms with E-state index in [1.165, 1.54) is 6.20 Å². The normalized spacial score (nSPS) is 15.7. The third kappa shape index (κ3) is 6.96. The Kier molecular flexibility index (Phi) is 6.01. The van der Waals surface area contributed by atoms with Gasteiger partial charge in [-0.05, 0) is 11.8 Å². The maximum atomic E-state index is 9.23. The average molecular weight is 213 g/mol. The fourth-order valence-corrected chi connectivity index (χ4v) is 1.40. The summed E-state index contributed by atoms with van der Waals surface area (Å²) in [6.07, 6.45) is 3.97. The van der Waals surface area contributed by atoms with Crippen LogP contribution in [-0.2, 0) is 0 Å². The smallest absolute Gasteiger partial charge is 0.0681 e. The van der Waals surface area contributed by atoms with Crippen LogP contribution in [0.2, 0.25) is 0 Å². The van der Waals surface area contributed by atoms with Gasteiger partial charge in [0.2, 0.25) is 0 Å². The molecule has 0 saturated carbocycles. The lowest BCUT2D eigenvalue weighted by atomic mass is 9.88. The standard InChI is InChI=1S/C11H23N3O/c1-11(2,3)5-9(8-15)14-10(6-12)7-13-4/h6-7,9,14-15H,5,8,12H2,1-4H3. The van der Waals surface area contributed by atoms with Crippen molar-refractivity contribution < 1.29 is 5.11 Å². The zero-order valence-electron chi connectivity index (χ0n) is 10.1. The second-order valence-electron chi connectivity index (χ2n) is 4.80. The van der Waals surface area contributed by atoms with Crippen LogP contribution in [0, 0.1) is 5.41 Å². The molecule has 0 spiro atoms. The lowest BCUT2D eigenvalue weighted by Crippen LogP contribution is -2.36. The fourth-order valence-electron chi connectivity index (χ4n) is 1.40. The predicted octanol–water partition coefficient (Wildman–Crippen LogP) is 0.874. The monoisotopic (exact) mass is 213 g/mol. The van der Waals surface area contributed by atoms with E-state index in [1.807, 2.05) is 0 Å². The molecule has 0 aliphatic carbocycles. The highest BCUT2D eigenvalue weighted by molar-refractivity contribution is 5.77. The molecule has 0 rings (SSSR count). The van der Waals surface area contributed by atoms with E-state index in [0.29, 0.717) is 0 Å². The Balaban J connectivity index is 4.32. The van der Waals surface area contributed by atoms with Gasteiger partial charge in [0, 0.05) is 25.5 Å².